The minimum atomic E-state index is -0.0332. The number of methoxy groups -OCH3 is 1. The fourth-order valence-corrected chi connectivity index (χ4v) is 2.30. The average Bonchev–Trinajstić information content (AvgIpc) is 2.28. The van der Waals surface area contributed by atoms with E-state index in [9.17, 15) is 4.79 Å². The van der Waals surface area contributed by atoms with Crippen LogP contribution in [0.25, 0.3) is 0 Å². The molecule has 0 saturated heterocycles. The predicted molar refractivity (Wildman–Crippen MR) is 75.7 cm³/mol. The van der Waals surface area contributed by atoms with Gasteiger partial charge in [0.1, 0.15) is 0 Å². The fraction of sp³-hybridized carbons (Fsp3) is 0.462. The van der Waals surface area contributed by atoms with Crippen molar-refractivity contribution in [3.63, 3.8) is 0 Å². The summed E-state index contributed by atoms with van der Waals surface area (Å²) in [6, 6.07) is 3.26. The van der Waals surface area contributed by atoms with Gasteiger partial charge in [0.2, 0.25) is 5.91 Å². The Labute approximate surface area is 117 Å². The maximum absolute atomic E-state index is 11.9. The van der Waals surface area contributed by atoms with Crippen LogP contribution < -0.4 is 10.1 Å². The lowest BCUT2D eigenvalue weighted by atomic mass is 10.1. The molecular formula is C13H17Cl2NO2. The van der Waals surface area contributed by atoms with Gasteiger partial charge in [-0.05, 0) is 18.6 Å². The Kier molecular flexibility index (Phi) is 5.76. The number of carbonyl (C=O) groups excluding carboxylic acids is 1. The average molecular weight is 290 g/mol. The van der Waals surface area contributed by atoms with Crippen molar-refractivity contribution in [2.45, 2.75) is 26.7 Å². The number of halogens is 2. The Balaban J connectivity index is 2.83. The monoisotopic (exact) mass is 289 g/mol. The van der Waals surface area contributed by atoms with Gasteiger partial charge in [0.25, 0.3) is 0 Å². The van der Waals surface area contributed by atoms with E-state index in [0.29, 0.717) is 21.5 Å². The van der Waals surface area contributed by atoms with Crippen molar-refractivity contribution in [2.75, 3.05) is 12.4 Å². The van der Waals surface area contributed by atoms with Crippen LogP contribution in [-0.4, -0.2) is 13.0 Å². The third-order valence-corrected chi connectivity index (χ3v) is 3.20. The Morgan fingerprint density at radius 1 is 1.39 bits per heavy atom. The van der Waals surface area contributed by atoms with Crippen molar-refractivity contribution in [1.82, 2.24) is 0 Å². The first-order valence-electron chi connectivity index (χ1n) is 5.83. The minimum absolute atomic E-state index is 0.0327. The molecule has 1 amide bonds. The summed E-state index contributed by atoms with van der Waals surface area (Å²) in [5.74, 6) is 0.349. The fourth-order valence-electron chi connectivity index (χ4n) is 1.66. The van der Waals surface area contributed by atoms with Gasteiger partial charge in [-0.25, -0.2) is 0 Å². The summed E-state index contributed by atoms with van der Waals surface area (Å²) in [7, 11) is 1.49. The summed E-state index contributed by atoms with van der Waals surface area (Å²) in [6.45, 7) is 3.94. The van der Waals surface area contributed by atoms with Crippen LogP contribution in [0, 0.1) is 5.92 Å². The largest absolute Gasteiger partial charge is 0.494 e. The lowest BCUT2D eigenvalue weighted by Gasteiger charge is -2.13. The number of nitrogens with one attached hydrogen (secondary N) is 1. The Hall–Kier alpha value is -0.930. The molecule has 0 aliphatic carbocycles. The molecule has 0 fully saturated rings. The van der Waals surface area contributed by atoms with Crippen LogP contribution in [0.3, 0.4) is 0 Å². The third kappa shape index (κ3) is 3.79. The van der Waals surface area contributed by atoms with Gasteiger partial charge >= 0.3 is 0 Å². The molecule has 1 unspecified atom stereocenters. The summed E-state index contributed by atoms with van der Waals surface area (Å²) in [5, 5.41) is 3.55. The number of ether oxygens (including phenoxy) is 1. The molecule has 1 aromatic carbocycles. The maximum atomic E-state index is 11.9. The molecule has 1 rings (SSSR count). The normalized spacial score (nSPS) is 12.1. The van der Waals surface area contributed by atoms with Gasteiger partial charge in [0.15, 0.2) is 5.75 Å². The molecule has 0 radical (unpaired) electrons. The lowest BCUT2D eigenvalue weighted by Crippen LogP contribution is -2.20. The number of anilines is 1. The molecule has 0 spiro atoms. The van der Waals surface area contributed by atoms with Gasteiger partial charge in [-0.1, -0.05) is 43.5 Å². The molecule has 1 atom stereocenters. The molecule has 1 aromatic rings. The van der Waals surface area contributed by atoms with E-state index in [4.69, 9.17) is 27.9 Å². The number of amides is 1. The zero-order valence-corrected chi connectivity index (χ0v) is 12.2. The van der Waals surface area contributed by atoms with Gasteiger partial charge < -0.3 is 10.1 Å². The Bertz CT molecular complexity index is 412. The quantitative estimate of drug-likeness (QED) is 0.874. The molecule has 0 aliphatic rings. The van der Waals surface area contributed by atoms with E-state index in [0.717, 1.165) is 12.8 Å². The SMILES string of the molecule is CCCC(C)C(=O)Nc1cc(Cl)c(OC)c(Cl)c1. The summed E-state index contributed by atoms with van der Waals surface area (Å²) < 4.78 is 5.05. The topological polar surface area (TPSA) is 38.3 Å². The first-order valence-corrected chi connectivity index (χ1v) is 6.59. The van der Waals surface area contributed by atoms with Crippen molar-refractivity contribution in [3.8, 4) is 5.75 Å². The zero-order chi connectivity index (χ0) is 13.7. The molecule has 0 bridgehead atoms. The second-order valence-corrected chi connectivity index (χ2v) is 4.97. The molecule has 100 valence electrons. The first-order chi connectivity index (χ1) is 8.49. The van der Waals surface area contributed by atoms with E-state index >= 15 is 0 Å². The molecule has 0 saturated carbocycles. The van der Waals surface area contributed by atoms with E-state index in [1.807, 2.05) is 13.8 Å². The Morgan fingerprint density at radius 3 is 2.39 bits per heavy atom. The van der Waals surface area contributed by atoms with Gasteiger partial charge in [0.05, 0.1) is 17.2 Å². The standard InChI is InChI=1S/C13H17Cl2NO2/c1-4-5-8(2)13(17)16-9-6-10(14)12(18-3)11(15)7-9/h6-8H,4-5H2,1-3H3,(H,16,17). The number of carbonyl (C=O) groups is 1. The molecule has 1 N–H and O–H groups in total. The Morgan fingerprint density at radius 2 is 1.94 bits per heavy atom. The molecule has 5 heteroatoms. The van der Waals surface area contributed by atoms with E-state index in [1.54, 1.807) is 12.1 Å². The maximum Gasteiger partial charge on any atom is 0.227 e. The highest BCUT2D eigenvalue weighted by Crippen LogP contribution is 2.35. The summed E-state index contributed by atoms with van der Waals surface area (Å²) in [4.78, 5) is 11.9. The van der Waals surface area contributed by atoms with E-state index in [2.05, 4.69) is 5.32 Å². The number of hydrogen-bond acceptors (Lipinski definition) is 2. The van der Waals surface area contributed by atoms with Gasteiger partial charge in [-0.2, -0.15) is 0 Å². The second kappa shape index (κ2) is 6.86. The van der Waals surface area contributed by atoms with Crippen LogP contribution in [0.4, 0.5) is 5.69 Å². The highest BCUT2D eigenvalue weighted by molar-refractivity contribution is 6.37. The number of rotatable bonds is 5. The van der Waals surface area contributed by atoms with E-state index in [1.165, 1.54) is 7.11 Å². The van der Waals surface area contributed by atoms with Gasteiger partial charge in [0, 0.05) is 11.6 Å². The summed E-state index contributed by atoms with van der Waals surface area (Å²) in [5.41, 5.74) is 0.582. The first kappa shape index (κ1) is 15.1. The van der Waals surface area contributed by atoms with Crippen molar-refractivity contribution >= 4 is 34.8 Å². The van der Waals surface area contributed by atoms with Crippen LogP contribution >= 0.6 is 23.2 Å². The molecular weight excluding hydrogens is 273 g/mol. The highest BCUT2D eigenvalue weighted by Gasteiger charge is 2.14. The van der Waals surface area contributed by atoms with Crippen LogP contribution in [0.5, 0.6) is 5.75 Å². The molecule has 0 heterocycles. The number of benzene rings is 1. The second-order valence-electron chi connectivity index (χ2n) is 4.15. The van der Waals surface area contributed by atoms with Crippen molar-refractivity contribution < 1.29 is 9.53 Å². The van der Waals surface area contributed by atoms with E-state index < -0.39 is 0 Å². The third-order valence-electron chi connectivity index (χ3n) is 2.64. The molecule has 3 nitrogen and oxygen atoms in total. The van der Waals surface area contributed by atoms with Crippen LogP contribution in [-0.2, 0) is 4.79 Å². The van der Waals surface area contributed by atoms with Crippen molar-refractivity contribution in [3.05, 3.63) is 22.2 Å². The number of hydrogen-bond donors (Lipinski definition) is 1. The predicted octanol–water partition coefficient (Wildman–Crippen LogP) is 4.38. The summed E-state index contributed by atoms with van der Waals surface area (Å²) >= 11 is 12.0. The van der Waals surface area contributed by atoms with Crippen LogP contribution in [0.15, 0.2) is 12.1 Å². The van der Waals surface area contributed by atoms with Crippen molar-refractivity contribution in [1.29, 1.82) is 0 Å². The molecule has 0 aromatic heterocycles. The van der Waals surface area contributed by atoms with Gasteiger partial charge in [-0.3, -0.25) is 4.79 Å². The zero-order valence-electron chi connectivity index (χ0n) is 10.7. The van der Waals surface area contributed by atoms with Gasteiger partial charge in [-0.15, -0.1) is 0 Å². The lowest BCUT2D eigenvalue weighted by molar-refractivity contribution is -0.119. The highest BCUT2D eigenvalue weighted by atomic mass is 35.5. The smallest absolute Gasteiger partial charge is 0.227 e. The molecule has 0 aliphatic heterocycles. The van der Waals surface area contributed by atoms with Crippen LogP contribution in [0.1, 0.15) is 26.7 Å². The van der Waals surface area contributed by atoms with E-state index in [-0.39, 0.29) is 11.8 Å². The summed E-state index contributed by atoms with van der Waals surface area (Å²) in [6.07, 6.45) is 1.82. The van der Waals surface area contributed by atoms with Crippen LogP contribution in [0.2, 0.25) is 10.0 Å². The minimum Gasteiger partial charge on any atom is -0.494 e. The molecule has 18 heavy (non-hydrogen) atoms. The van der Waals surface area contributed by atoms with Crippen molar-refractivity contribution in [2.24, 2.45) is 5.92 Å².